The largest absolute Gasteiger partial charge is 0.480 e. The molecule has 4 nitrogen and oxygen atoms in total. The molecule has 0 saturated carbocycles. The number of halogens is 4. The fraction of sp³-hybridized carbons (Fsp3) is 0.200. The third-order valence-electron chi connectivity index (χ3n) is 2.05. The first-order valence-corrected chi connectivity index (χ1v) is 5.04. The van der Waals surface area contributed by atoms with E-state index in [9.17, 15) is 13.2 Å². The Hall–Kier alpha value is -1.76. The maximum Gasteiger partial charge on any atom is 0.424 e. The monoisotopic (exact) mass is 278 g/mol. The highest BCUT2D eigenvalue weighted by atomic mass is 35.5. The predicted molar refractivity (Wildman–Crippen MR) is 56.3 cm³/mol. The van der Waals surface area contributed by atoms with Gasteiger partial charge in [0.2, 0.25) is 5.88 Å². The molecule has 2 aromatic heterocycles. The third kappa shape index (κ3) is 2.26. The van der Waals surface area contributed by atoms with Gasteiger partial charge in [-0.15, -0.1) is 0 Å². The minimum atomic E-state index is -4.69. The molecule has 0 unspecified atom stereocenters. The number of ether oxygens (including phenoxy) is 1. The van der Waals surface area contributed by atoms with Gasteiger partial charge in [0, 0.05) is 0 Å². The molecule has 0 aliphatic carbocycles. The first-order chi connectivity index (χ1) is 8.43. The van der Waals surface area contributed by atoms with Gasteiger partial charge in [-0.1, -0.05) is 11.6 Å². The molecule has 0 aliphatic rings. The van der Waals surface area contributed by atoms with Crippen molar-refractivity contribution < 1.29 is 22.3 Å². The molecule has 0 N–H and O–H groups in total. The third-order valence-corrected chi connectivity index (χ3v) is 2.32. The Morgan fingerprint density at radius 3 is 2.56 bits per heavy atom. The standard InChI is InChI=1S/C10H6ClF3N2O2/c1-17-9-6(10(12,13)14)7(11)15-8(16-9)5-3-2-4-18-5/h2-4H,1H3. The van der Waals surface area contributed by atoms with Crippen LogP contribution in [0.1, 0.15) is 5.56 Å². The molecule has 96 valence electrons. The van der Waals surface area contributed by atoms with E-state index in [0.717, 1.165) is 7.11 Å². The summed E-state index contributed by atoms with van der Waals surface area (Å²) in [4.78, 5) is 7.18. The van der Waals surface area contributed by atoms with Gasteiger partial charge >= 0.3 is 6.18 Å². The van der Waals surface area contributed by atoms with Gasteiger partial charge in [-0.2, -0.15) is 18.2 Å². The quantitative estimate of drug-likeness (QED) is 0.790. The number of rotatable bonds is 2. The van der Waals surface area contributed by atoms with Gasteiger partial charge in [0.15, 0.2) is 17.1 Å². The van der Waals surface area contributed by atoms with Gasteiger partial charge < -0.3 is 9.15 Å². The van der Waals surface area contributed by atoms with Gasteiger partial charge in [-0.25, -0.2) is 4.98 Å². The summed E-state index contributed by atoms with van der Waals surface area (Å²) in [5, 5.41) is -0.735. The minimum absolute atomic E-state index is 0.0742. The number of methoxy groups -OCH3 is 1. The number of alkyl halides is 3. The van der Waals surface area contributed by atoms with Crippen molar-refractivity contribution in [2.75, 3.05) is 7.11 Å². The molecule has 0 saturated heterocycles. The lowest BCUT2D eigenvalue weighted by atomic mass is 10.3. The van der Waals surface area contributed by atoms with E-state index >= 15 is 0 Å². The van der Waals surface area contributed by atoms with Crippen LogP contribution < -0.4 is 4.74 Å². The molecular formula is C10H6ClF3N2O2. The zero-order chi connectivity index (χ0) is 13.3. The van der Waals surface area contributed by atoms with Crippen LogP contribution in [0.3, 0.4) is 0 Å². The van der Waals surface area contributed by atoms with Crippen molar-refractivity contribution in [2.24, 2.45) is 0 Å². The van der Waals surface area contributed by atoms with E-state index in [-0.39, 0.29) is 11.6 Å². The fourth-order valence-electron chi connectivity index (χ4n) is 1.32. The van der Waals surface area contributed by atoms with Crippen LogP contribution in [0.5, 0.6) is 5.88 Å². The van der Waals surface area contributed by atoms with Gasteiger partial charge in [0.1, 0.15) is 5.15 Å². The second kappa shape index (κ2) is 4.49. The van der Waals surface area contributed by atoms with E-state index in [4.69, 9.17) is 16.0 Å². The van der Waals surface area contributed by atoms with Crippen molar-refractivity contribution in [1.29, 1.82) is 0 Å². The first kappa shape index (κ1) is 12.7. The highest BCUT2D eigenvalue weighted by Crippen LogP contribution is 2.40. The summed E-state index contributed by atoms with van der Waals surface area (Å²) in [5.41, 5.74) is -1.21. The Morgan fingerprint density at radius 1 is 1.33 bits per heavy atom. The molecule has 0 bridgehead atoms. The van der Waals surface area contributed by atoms with Crippen LogP contribution in [0.25, 0.3) is 11.6 Å². The molecule has 0 aromatic carbocycles. The first-order valence-electron chi connectivity index (χ1n) is 4.66. The molecular weight excluding hydrogens is 273 g/mol. The average Bonchev–Trinajstić information content (AvgIpc) is 2.79. The molecule has 18 heavy (non-hydrogen) atoms. The van der Waals surface area contributed by atoms with E-state index in [0.29, 0.717) is 0 Å². The molecule has 0 spiro atoms. The number of aromatic nitrogens is 2. The molecule has 2 heterocycles. The lowest BCUT2D eigenvalue weighted by Gasteiger charge is -2.12. The van der Waals surface area contributed by atoms with Crippen LogP contribution in [0, 0.1) is 0 Å². The SMILES string of the molecule is COc1nc(-c2ccco2)nc(Cl)c1C(F)(F)F. The molecule has 0 amide bonds. The number of hydrogen-bond acceptors (Lipinski definition) is 4. The smallest absolute Gasteiger partial charge is 0.424 e. The van der Waals surface area contributed by atoms with E-state index in [1.54, 1.807) is 6.07 Å². The fourth-order valence-corrected chi connectivity index (χ4v) is 1.58. The van der Waals surface area contributed by atoms with Crippen molar-refractivity contribution in [3.8, 4) is 17.5 Å². The topological polar surface area (TPSA) is 48.2 Å². The van der Waals surface area contributed by atoms with E-state index in [1.807, 2.05) is 0 Å². The van der Waals surface area contributed by atoms with Crippen LogP contribution in [0.4, 0.5) is 13.2 Å². The normalized spacial score (nSPS) is 11.6. The van der Waals surface area contributed by atoms with E-state index in [1.165, 1.54) is 12.3 Å². The molecule has 8 heteroatoms. The van der Waals surface area contributed by atoms with Gasteiger partial charge in [-0.05, 0) is 12.1 Å². The molecule has 0 aliphatic heterocycles. The Bertz CT molecular complexity index is 555. The Kier molecular flexibility index (Phi) is 3.16. The summed E-state index contributed by atoms with van der Waals surface area (Å²) in [7, 11) is 1.07. The van der Waals surface area contributed by atoms with Crippen LogP contribution in [-0.4, -0.2) is 17.1 Å². The molecule has 2 aromatic rings. The van der Waals surface area contributed by atoms with Crippen molar-refractivity contribution >= 4 is 11.6 Å². The van der Waals surface area contributed by atoms with Crippen LogP contribution in [0.15, 0.2) is 22.8 Å². The lowest BCUT2D eigenvalue weighted by molar-refractivity contribution is -0.139. The average molecular weight is 279 g/mol. The zero-order valence-corrected chi connectivity index (χ0v) is 9.71. The van der Waals surface area contributed by atoms with E-state index in [2.05, 4.69) is 14.7 Å². The molecule has 0 atom stereocenters. The summed E-state index contributed by atoms with van der Waals surface area (Å²) in [5.74, 6) is -0.521. The Morgan fingerprint density at radius 2 is 2.06 bits per heavy atom. The summed E-state index contributed by atoms with van der Waals surface area (Å²) in [6.45, 7) is 0. The maximum absolute atomic E-state index is 12.7. The Labute approximate surface area is 104 Å². The maximum atomic E-state index is 12.7. The minimum Gasteiger partial charge on any atom is -0.480 e. The Balaban J connectivity index is 2.61. The number of furan rings is 1. The second-order valence-corrected chi connectivity index (χ2v) is 3.56. The number of hydrogen-bond donors (Lipinski definition) is 0. The van der Waals surface area contributed by atoms with Crippen LogP contribution in [-0.2, 0) is 6.18 Å². The van der Waals surface area contributed by atoms with Gasteiger partial charge in [0.25, 0.3) is 0 Å². The summed E-state index contributed by atoms with van der Waals surface area (Å²) in [6.07, 6.45) is -3.35. The van der Waals surface area contributed by atoms with Crippen molar-refractivity contribution in [2.45, 2.75) is 6.18 Å². The summed E-state index contributed by atoms with van der Waals surface area (Å²) < 4.78 is 47.7. The van der Waals surface area contributed by atoms with Gasteiger partial charge in [0.05, 0.1) is 13.4 Å². The predicted octanol–water partition coefficient (Wildman–Crippen LogP) is 3.42. The number of nitrogens with zero attached hydrogens (tertiary/aromatic N) is 2. The highest BCUT2D eigenvalue weighted by Gasteiger charge is 2.39. The second-order valence-electron chi connectivity index (χ2n) is 3.20. The summed E-state index contributed by atoms with van der Waals surface area (Å²) in [6, 6.07) is 3.05. The lowest BCUT2D eigenvalue weighted by Crippen LogP contribution is -2.11. The highest BCUT2D eigenvalue weighted by molar-refractivity contribution is 6.30. The molecule has 0 fully saturated rings. The van der Waals surface area contributed by atoms with Crippen molar-refractivity contribution in [3.63, 3.8) is 0 Å². The van der Waals surface area contributed by atoms with Crippen LogP contribution >= 0.6 is 11.6 Å². The van der Waals surface area contributed by atoms with Gasteiger partial charge in [-0.3, -0.25) is 0 Å². The summed E-state index contributed by atoms with van der Waals surface area (Å²) >= 11 is 5.52. The molecule has 0 radical (unpaired) electrons. The molecule has 2 rings (SSSR count). The van der Waals surface area contributed by atoms with E-state index < -0.39 is 22.8 Å². The zero-order valence-electron chi connectivity index (χ0n) is 8.95. The van der Waals surface area contributed by atoms with Crippen LogP contribution in [0.2, 0.25) is 5.15 Å². The van der Waals surface area contributed by atoms with Crippen molar-refractivity contribution in [3.05, 3.63) is 29.1 Å². The van der Waals surface area contributed by atoms with Crippen molar-refractivity contribution in [1.82, 2.24) is 9.97 Å².